The molecule has 2 unspecified atom stereocenters. The van der Waals surface area contributed by atoms with Crippen molar-refractivity contribution in [2.45, 2.75) is 32.2 Å². The lowest BCUT2D eigenvalue weighted by atomic mass is 9.85. The topological polar surface area (TPSA) is 105 Å². The minimum Gasteiger partial charge on any atom is -0.481 e. The van der Waals surface area contributed by atoms with Crippen LogP contribution in [0, 0.1) is 15.5 Å². The molecule has 0 bridgehead atoms. The van der Waals surface area contributed by atoms with Gasteiger partial charge in [-0.15, -0.1) is 0 Å². The highest BCUT2D eigenvalue weighted by atomic mass is 16.6. The summed E-state index contributed by atoms with van der Waals surface area (Å²) in [5.74, 6) is -0.366. The van der Waals surface area contributed by atoms with Gasteiger partial charge in [0.05, 0.1) is 10.3 Å². The van der Waals surface area contributed by atoms with Crippen molar-refractivity contribution in [2.75, 3.05) is 5.32 Å². The minimum absolute atomic E-state index is 0.0852. The van der Waals surface area contributed by atoms with Crippen LogP contribution in [0.2, 0.25) is 0 Å². The van der Waals surface area contributed by atoms with Crippen LogP contribution in [0.1, 0.15) is 26.2 Å². The SMILES string of the molecule is CC1(C(=O)O)CCCC1Nc1ccc([N+](=O)[O-])cn1. The number of carboxylic acid groups (broad SMARTS) is 1. The summed E-state index contributed by atoms with van der Waals surface area (Å²) in [5, 5.41) is 22.9. The van der Waals surface area contributed by atoms with E-state index in [9.17, 15) is 20.0 Å². The van der Waals surface area contributed by atoms with Crippen LogP contribution in [-0.2, 0) is 4.79 Å². The summed E-state index contributed by atoms with van der Waals surface area (Å²) in [6.45, 7) is 1.71. The molecule has 1 aromatic rings. The van der Waals surface area contributed by atoms with Gasteiger partial charge < -0.3 is 10.4 Å². The third-order valence-electron chi connectivity index (χ3n) is 3.73. The largest absolute Gasteiger partial charge is 0.481 e. The fraction of sp³-hybridized carbons (Fsp3) is 0.500. The Balaban J connectivity index is 2.12. The molecule has 7 heteroatoms. The van der Waals surface area contributed by atoms with Crippen LogP contribution < -0.4 is 5.32 Å². The first-order chi connectivity index (χ1) is 8.93. The second-order valence-corrected chi connectivity index (χ2v) is 4.97. The molecule has 0 saturated heterocycles. The second-order valence-electron chi connectivity index (χ2n) is 4.97. The van der Waals surface area contributed by atoms with Gasteiger partial charge in [0.2, 0.25) is 0 Å². The molecule has 1 aliphatic rings. The van der Waals surface area contributed by atoms with E-state index < -0.39 is 16.3 Å². The molecule has 102 valence electrons. The van der Waals surface area contributed by atoms with E-state index in [0.29, 0.717) is 12.2 Å². The standard InChI is InChI=1S/C12H15N3O4/c1-12(11(16)17)6-2-3-9(12)14-10-5-4-8(7-13-10)15(18)19/h4-5,7,9H,2-3,6H2,1H3,(H,13,14)(H,16,17). The molecular weight excluding hydrogens is 250 g/mol. The lowest BCUT2D eigenvalue weighted by molar-refractivity contribution is -0.385. The number of aromatic nitrogens is 1. The van der Waals surface area contributed by atoms with Crippen LogP contribution in [-0.4, -0.2) is 27.0 Å². The van der Waals surface area contributed by atoms with E-state index in [1.165, 1.54) is 12.1 Å². The highest BCUT2D eigenvalue weighted by Gasteiger charge is 2.45. The third-order valence-corrected chi connectivity index (χ3v) is 3.73. The number of nitro groups is 1. The number of hydrogen-bond donors (Lipinski definition) is 2. The average molecular weight is 265 g/mol. The Hall–Kier alpha value is -2.18. The van der Waals surface area contributed by atoms with Gasteiger partial charge in [-0.3, -0.25) is 14.9 Å². The van der Waals surface area contributed by atoms with Crippen molar-refractivity contribution >= 4 is 17.5 Å². The normalized spacial score (nSPS) is 26.1. The predicted octanol–water partition coefficient (Wildman–Crippen LogP) is 2.05. The Morgan fingerprint density at radius 1 is 1.63 bits per heavy atom. The molecule has 0 aromatic carbocycles. The Morgan fingerprint density at radius 3 is 2.89 bits per heavy atom. The molecule has 7 nitrogen and oxygen atoms in total. The summed E-state index contributed by atoms with van der Waals surface area (Å²) >= 11 is 0. The van der Waals surface area contributed by atoms with Gasteiger partial charge in [0.25, 0.3) is 5.69 Å². The fourth-order valence-electron chi connectivity index (χ4n) is 2.41. The Labute approximate surface area is 109 Å². The molecule has 1 heterocycles. The molecule has 1 fully saturated rings. The maximum absolute atomic E-state index is 11.3. The predicted molar refractivity (Wildman–Crippen MR) is 67.9 cm³/mol. The second kappa shape index (κ2) is 4.83. The maximum Gasteiger partial charge on any atom is 0.311 e. The van der Waals surface area contributed by atoms with Crippen molar-refractivity contribution in [1.82, 2.24) is 4.98 Å². The van der Waals surface area contributed by atoms with Crippen LogP contribution in [0.25, 0.3) is 0 Å². The smallest absolute Gasteiger partial charge is 0.311 e. The van der Waals surface area contributed by atoms with Crippen molar-refractivity contribution in [1.29, 1.82) is 0 Å². The summed E-state index contributed by atoms with van der Waals surface area (Å²) in [6.07, 6.45) is 3.37. The highest BCUT2D eigenvalue weighted by Crippen LogP contribution is 2.39. The molecule has 1 saturated carbocycles. The molecule has 19 heavy (non-hydrogen) atoms. The van der Waals surface area contributed by atoms with Crippen LogP contribution in [0.3, 0.4) is 0 Å². The van der Waals surface area contributed by atoms with Gasteiger partial charge in [-0.1, -0.05) is 6.42 Å². The number of hydrogen-bond acceptors (Lipinski definition) is 5. The monoisotopic (exact) mass is 265 g/mol. The van der Waals surface area contributed by atoms with Crippen molar-refractivity contribution in [3.63, 3.8) is 0 Å². The summed E-state index contributed by atoms with van der Waals surface area (Å²) in [6, 6.07) is 2.64. The summed E-state index contributed by atoms with van der Waals surface area (Å²) in [5.41, 5.74) is -0.901. The van der Waals surface area contributed by atoms with Crippen LogP contribution in [0.5, 0.6) is 0 Å². The van der Waals surface area contributed by atoms with Crippen LogP contribution in [0.15, 0.2) is 18.3 Å². The van der Waals surface area contributed by atoms with E-state index in [1.54, 1.807) is 6.92 Å². The first-order valence-corrected chi connectivity index (χ1v) is 6.04. The third kappa shape index (κ3) is 2.49. The summed E-state index contributed by atoms with van der Waals surface area (Å²) in [7, 11) is 0. The first-order valence-electron chi connectivity index (χ1n) is 6.04. The van der Waals surface area contributed by atoms with Crippen molar-refractivity contribution in [3.05, 3.63) is 28.4 Å². The number of nitrogens with one attached hydrogen (secondary N) is 1. The number of anilines is 1. The van der Waals surface area contributed by atoms with Gasteiger partial charge in [0, 0.05) is 12.1 Å². The van der Waals surface area contributed by atoms with Crippen molar-refractivity contribution in [3.8, 4) is 0 Å². The van der Waals surface area contributed by atoms with Gasteiger partial charge in [-0.05, 0) is 25.8 Å². The molecule has 1 aromatic heterocycles. The van der Waals surface area contributed by atoms with E-state index in [2.05, 4.69) is 10.3 Å². The summed E-state index contributed by atoms with van der Waals surface area (Å²) in [4.78, 5) is 25.3. The Kier molecular flexibility index (Phi) is 3.37. The molecule has 2 rings (SSSR count). The van der Waals surface area contributed by atoms with Gasteiger partial charge in [-0.25, -0.2) is 4.98 Å². The molecule has 0 amide bonds. The molecule has 2 N–H and O–H groups in total. The number of nitrogens with zero attached hydrogens (tertiary/aromatic N) is 2. The van der Waals surface area contributed by atoms with E-state index in [0.717, 1.165) is 19.0 Å². The lowest BCUT2D eigenvalue weighted by Gasteiger charge is -2.28. The number of pyridine rings is 1. The average Bonchev–Trinajstić information content (AvgIpc) is 2.73. The van der Waals surface area contributed by atoms with E-state index in [-0.39, 0.29) is 11.7 Å². The number of carbonyl (C=O) groups is 1. The zero-order valence-corrected chi connectivity index (χ0v) is 10.5. The number of rotatable bonds is 4. The lowest BCUT2D eigenvalue weighted by Crippen LogP contribution is -2.40. The number of carboxylic acids is 1. The summed E-state index contributed by atoms with van der Waals surface area (Å²) < 4.78 is 0. The molecule has 0 aliphatic heterocycles. The van der Waals surface area contributed by atoms with Crippen molar-refractivity contribution in [2.24, 2.45) is 5.41 Å². The molecule has 0 radical (unpaired) electrons. The molecule has 2 atom stereocenters. The zero-order chi connectivity index (χ0) is 14.0. The number of aliphatic carboxylic acids is 1. The van der Waals surface area contributed by atoms with Gasteiger partial charge in [0.1, 0.15) is 12.0 Å². The van der Waals surface area contributed by atoms with E-state index >= 15 is 0 Å². The zero-order valence-electron chi connectivity index (χ0n) is 10.5. The maximum atomic E-state index is 11.3. The fourth-order valence-corrected chi connectivity index (χ4v) is 2.41. The Bertz CT molecular complexity index is 502. The van der Waals surface area contributed by atoms with Crippen LogP contribution >= 0.6 is 0 Å². The van der Waals surface area contributed by atoms with Gasteiger partial charge in [0.15, 0.2) is 0 Å². The first kappa shape index (κ1) is 13.3. The Morgan fingerprint density at radius 2 is 2.37 bits per heavy atom. The van der Waals surface area contributed by atoms with Gasteiger partial charge >= 0.3 is 5.97 Å². The van der Waals surface area contributed by atoms with Crippen LogP contribution in [0.4, 0.5) is 11.5 Å². The highest BCUT2D eigenvalue weighted by molar-refractivity contribution is 5.76. The van der Waals surface area contributed by atoms with Gasteiger partial charge in [-0.2, -0.15) is 0 Å². The quantitative estimate of drug-likeness (QED) is 0.637. The van der Waals surface area contributed by atoms with E-state index in [4.69, 9.17) is 0 Å². The molecule has 0 spiro atoms. The van der Waals surface area contributed by atoms with E-state index in [1.807, 2.05) is 0 Å². The minimum atomic E-state index is -0.829. The molecule has 1 aliphatic carbocycles. The molecular formula is C12H15N3O4. The van der Waals surface area contributed by atoms with Crippen molar-refractivity contribution < 1.29 is 14.8 Å².